The van der Waals surface area contributed by atoms with Gasteiger partial charge in [0.2, 0.25) is 0 Å². The van der Waals surface area contributed by atoms with Crippen LogP contribution in [-0.4, -0.2) is 19.5 Å². The molecule has 2 heteroatoms. The molecule has 1 saturated heterocycles. The van der Waals surface area contributed by atoms with Gasteiger partial charge in [-0.05, 0) is 31.1 Å². The molecule has 0 spiro atoms. The van der Waals surface area contributed by atoms with Crippen molar-refractivity contribution in [2.24, 2.45) is 17.8 Å². The van der Waals surface area contributed by atoms with E-state index in [1.807, 2.05) is 0 Å². The third kappa shape index (κ3) is 3.46. The standard InChI is InChI=1S/C14H26O2/c1-11-5-3-6-13(9-11)10-12(2)14-15-7-4-8-16-14/h11-14H,3-10H2,1-2H3. The van der Waals surface area contributed by atoms with Crippen molar-refractivity contribution in [3.8, 4) is 0 Å². The molecule has 1 aliphatic heterocycles. The summed E-state index contributed by atoms with van der Waals surface area (Å²) >= 11 is 0. The molecule has 0 aromatic rings. The maximum absolute atomic E-state index is 5.69. The van der Waals surface area contributed by atoms with Gasteiger partial charge in [-0.3, -0.25) is 0 Å². The molecule has 3 unspecified atom stereocenters. The molecule has 16 heavy (non-hydrogen) atoms. The van der Waals surface area contributed by atoms with Crippen LogP contribution in [0.25, 0.3) is 0 Å². The van der Waals surface area contributed by atoms with Crippen LogP contribution in [0, 0.1) is 17.8 Å². The van der Waals surface area contributed by atoms with Gasteiger partial charge in [-0.15, -0.1) is 0 Å². The maximum atomic E-state index is 5.69. The molecule has 2 fully saturated rings. The Hall–Kier alpha value is -0.0800. The molecule has 0 radical (unpaired) electrons. The van der Waals surface area contributed by atoms with E-state index < -0.39 is 0 Å². The molecule has 0 amide bonds. The lowest BCUT2D eigenvalue weighted by molar-refractivity contribution is -0.204. The number of hydrogen-bond donors (Lipinski definition) is 0. The molecule has 2 rings (SSSR count). The zero-order valence-corrected chi connectivity index (χ0v) is 10.8. The van der Waals surface area contributed by atoms with Gasteiger partial charge in [0.25, 0.3) is 0 Å². The van der Waals surface area contributed by atoms with E-state index in [-0.39, 0.29) is 6.29 Å². The van der Waals surface area contributed by atoms with Crippen molar-refractivity contribution in [1.29, 1.82) is 0 Å². The van der Waals surface area contributed by atoms with Crippen molar-refractivity contribution in [3.63, 3.8) is 0 Å². The first-order chi connectivity index (χ1) is 7.75. The summed E-state index contributed by atoms with van der Waals surface area (Å²) in [4.78, 5) is 0. The van der Waals surface area contributed by atoms with E-state index in [4.69, 9.17) is 9.47 Å². The van der Waals surface area contributed by atoms with Gasteiger partial charge in [-0.1, -0.05) is 33.1 Å². The third-order valence-corrected chi connectivity index (χ3v) is 4.07. The summed E-state index contributed by atoms with van der Waals surface area (Å²) in [7, 11) is 0. The Bertz CT molecular complexity index is 199. The summed E-state index contributed by atoms with van der Waals surface area (Å²) in [5.74, 6) is 2.41. The van der Waals surface area contributed by atoms with Crippen LogP contribution in [0.5, 0.6) is 0 Å². The van der Waals surface area contributed by atoms with Crippen LogP contribution >= 0.6 is 0 Å². The van der Waals surface area contributed by atoms with Crippen LogP contribution in [0.1, 0.15) is 52.4 Å². The predicted octanol–water partition coefficient (Wildman–Crippen LogP) is 3.60. The fraction of sp³-hybridized carbons (Fsp3) is 1.00. The molecule has 1 heterocycles. The van der Waals surface area contributed by atoms with Gasteiger partial charge < -0.3 is 9.47 Å². The Kier molecular flexibility index (Phi) is 4.66. The minimum Gasteiger partial charge on any atom is -0.352 e. The molecule has 2 aliphatic rings. The summed E-state index contributed by atoms with van der Waals surface area (Å²) < 4.78 is 11.4. The first kappa shape index (κ1) is 12.4. The topological polar surface area (TPSA) is 18.5 Å². The van der Waals surface area contributed by atoms with E-state index >= 15 is 0 Å². The second-order valence-electron chi connectivity index (χ2n) is 5.81. The van der Waals surface area contributed by atoms with E-state index in [9.17, 15) is 0 Å². The number of ether oxygens (including phenoxy) is 2. The van der Waals surface area contributed by atoms with Crippen molar-refractivity contribution < 1.29 is 9.47 Å². The molecule has 3 atom stereocenters. The molecule has 0 aromatic heterocycles. The van der Waals surface area contributed by atoms with E-state index in [0.29, 0.717) is 5.92 Å². The number of hydrogen-bond acceptors (Lipinski definition) is 2. The average molecular weight is 226 g/mol. The highest BCUT2D eigenvalue weighted by atomic mass is 16.7. The zero-order chi connectivity index (χ0) is 11.4. The van der Waals surface area contributed by atoms with E-state index in [1.54, 1.807) is 0 Å². The molecule has 94 valence electrons. The smallest absolute Gasteiger partial charge is 0.160 e. The van der Waals surface area contributed by atoms with Gasteiger partial charge in [-0.2, -0.15) is 0 Å². The monoisotopic (exact) mass is 226 g/mol. The number of rotatable bonds is 3. The molecule has 1 aliphatic carbocycles. The summed E-state index contributed by atoms with van der Waals surface area (Å²) in [5.41, 5.74) is 0. The fourth-order valence-electron chi connectivity index (χ4n) is 3.25. The van der Waals surface area contributed by atoms with E-state index in [0.717, 1.165) is 31.5 Å². The molecular formula is C14H26O2. The SMILES string of the molecule is CC1CCCC(CC(C)C2OCCCO2)C1. The Morgan fingerprint density at radius 1 is 1.12 bits per heavy atom. The first-order valence-corrected chi connectivity index (χ1v) is 6.99. The van der Waals surface area contributed by atoms with Gasteiger partial charge in [0.15, 0.2) is 6.29 Å². The van der Waals surface area contributed by atoms with Crippen LogP contribution in [0.2, 0.25) is 0 Å². The van der Waals surface area contributed by atoms with Crippen molar-refractivity contribution >= 4 is 0 Å². The highest BCUT2D eigenvalue weighted by Gasteiger charge is 2.26. The van der Waals surface area contributed by atoms with E-state index in [1.165, 1.54) is 32.1 Å². The molecule has 0 N–H and O–H groups in total. The molecular weight excluding hydrogens is 200 g/mol. The summed E-state index contributed by atoms with van der Waals surface area (Å²) in [6.07, 6.45) is 8.11. The molecule has 0 bridgehead atoms. The normalized spacial score (nSPS) is 34.9. The van der Waals surface area contributed by atoms with Crippen LogP contribution in [0.3, 0.4) is 0 Å². The van der Waals surface area contributed by atoms with Crippen LogP contribution in [0.4, 0.5) is 0 Å². The van der Waals surface area contributed by atoms with Crippen LogP contribution < -0.4 is 0 Å². The van der Waals surface area contributed by atoms with Gasteiger partial charge in [-0.25, -0.2) is 0 Å². The minimum atomic E-state index is 0.0750. The van der Waals surface area contributed by atoms with Crippen molar-refractivity contribution in [2.45, 2.75) is 58.7 Å². The van der Waals surface area contributed by atoms with Gasteiger partial charge in [0, 0.05) is 5.92 Å². The Balaban J connectivity index is 1.74. The summed E-state index contributed by atoms with van der Waals surface area (Å²) in [6, 6.07) is 0. The lowest BCUT2D eigenvalue weighted by atomic mass is 9.78. The molecule has 0 aromatic carbocycles. The second-order valence-corrected chi connectivity index (χ2v) is 5.81. The Labute approximate surface area is 99.7 Å². The van der Waals surface area contributed by atoms with Crippen molar-refractivity contribution in [1.82, 2.24) is 0 Å². The minimum absolute atomic E-state index is 0.0750. The first-order valence-electron chi connectivity index (χ1n) is 6.99. The van der Waals surface area contributed by atoms with Crippen molar-refractivity contribution in [3.05, 3.63) is 0 Å². The lowest BCUT2D eigenvalue weighted by Gasteiger charge is -2.33. The molecule has 2 nitrogen and oxygen atoms in total. The maximum Gasteiger partial charge on any atom is 0.160 e. The second kappa shape index (κ2) is 6.02. The van der Waals surface area contributed by atoms with Crippen molar-refractivity contribution in [2.75, 3.05) is 13.2 Å². The Morgan fingerprint density at radius 3 is 2.56 bits per heavy atom. The third-order valence-electron chi connectivity index (χ3n) is 4.07. The summed E-state index contributed by atoms with van der Waals surface area (Å²) in [5, 5.41) is 0. The zero-order valence-electron chi connectivity index (χ0n) is 10.8. The average Bonchev–Trinajstić information content (AvgIpc) is 2.30. The summed E-state index contributed by atoms with van der Waals surface area (Å²) in [6.45, 7) is 6.45. The highest BCUT2D eigenvalue weighted by Crippen LogP contribution is 2.34. The van der Waals surface area contributed by atoms with Gasteiger partial charge >= 0.3 is 0 Å². The van der Waals surface area contributed by atoms with E-state index in [2.05, 4.69) is 13.8 Å². The fourth-order valence-corrected chi connectivity index (χ4v) is 3.25. The van der Waals surface area contributed by atoms with Crippen LogP contribution in [-0.2, 0) is 9.47 Å². The Morgan fingerprint density at radius 2 is 1.88 bits per heavy atom. The lowest BCUT2D eigenvalue weighted by Crippen LogP contribution is -2.32. The molecule has 1 saturated carbocycles. The predicted molar refractivity (Wildman–Crippen MR) is 65.2 cm³/mol. The largest absolute Gasteiger partial charge is 0.352 e. The highest BCUT2D eigenvalue weighted by molar-refractivity contribution is 4.74. The van der Waals surface area contributed by atoms with Gasteiger partial charge in [0.05, 0.1) is 13.2 Å². The quantitative estimate of drug-likeness (QED) is 0.732. The van der Waals surface area contributed by atoms with Crippen LogP contribution in [0.15, 0.2) is 0 Å². The van der Waals surface area contributed by atoms with Gasteiger partial charge in [0.1, 0.15) is 0 Å².